The normalized spacial score (nSPS) is 18.5. The summed E-state index contributed by atoms with van der Waals surface area (Å²) in [6.07, 6.45) is -5.73. The molecule has 2 N–H and O–H groups in total. The van der Waals surface area contributed by atoms with Gasteiger partial charge in [0, 0.05) is 6.42 Å². The molecule has 0 spiro atoms. The fraction of sp³-hybridized carbons (Fsp3) is 0.400. The van der Waals surface area contributed by atoms with Crippen molar-refractivity contribution in [3.05, 3.63) is 71.8 Å². The van der Waals surface area contributed by atoms with Crippen molar-refractivity contribution in [3.8, 4) is 0 Å². The minimum absolute atomic E-state index is 0.0102. The number of hydrogen-bond acceptors (Lipinski definition) is 6. The van der Waals surface area contributed by atoms with E-state index in [0.717, 1.165) is 5.56 Å². The zero-order valence-corrected chi connectivity index (χ0v) is 19.0. The lowest BCUT2D eigenvalue weighted by molar-refractivity contribution is -0.197. The molecule has 2 aromatic carbocycles. The summed E-state index contributed by atoms with van der Waals surface area (Å²) < 4.78 is 51.6. The number of nitrogens with one attached hydrogen (secondary N) is 2. The molecular weight excluding hydrogens is 465 g/mol. The van der Waals surface area contributed by atoms with E-state index in [1.54, 1.807) is 54.6 Å². The van der Waals surface area contributed by atoms with Crippen molar-refractivity contribution in [2.75, 3.05) is 6.54 Å². The third-order valence-corrected chi connectivity index (χ3v) is 5.72. The fourth-order valence-electron chi connectivity index (χ4n) is 3.74. The van der Waals surface area contributed by atoms with Crippen LogP contribution in [0.1, 0.15) is 36.8 Å². The Balaban J connectivity index is 1.65. The maximum Gasteiger partial charge on any atom is 0.415 e. The summed E-state index contributed by atoms with van der Waals surface area (Å²) in [5, 5.41) is 4.40. The maximum atomic E-state index is 13.7. The van der Waals surface area contributed by atoms with Crippen LogP contribution >= 0.6 is 0 Å². The molecule has 7 nitrogen and oxygen atoms in total. The summed E-state index contributed by atoms with van der Waals surface area (Å²) in [7, 11) is 0. The quantitative estimate of drug-likeness (QED) is 0.494. The molecule has 1 aliphatic rings. The summed E-state index contributed by atoms with van der Waals surface area (Å²) in [6, 6.07) is 16.1. The van der Waals surface area contributed by atoms with Gasteiger partial charge in [0.2, 0.25) is 5.91 Å². The summed E-state index contributed by atoms with van der Waals surface area (Å²) in [5.41, 5.74) is -1.37. The first-order valence-electron chi connectivity index (χ1n) is 11.2. The topological polar surface area (TPSA) is 93.7 Å². The highest BCUT2D eigenvalue weighted by Crippen LogP contribution is 2.37. The van der Waals surface area contributed by atoms with E-state index in [0.29, 0.717) is 5.56 Å². The summed E-state index contributed by atoms with van der Waals surface area (Å²) in [5.74, 6) is -2.97. The Kier molecular flexibility index (Phi) is 8.86. The Morgan fingerprint density at radius 3 is 2.03 bits per heavy atom. The third kappa shape index (κ3) is 7.05. The number of carbonyl (C=O) groups excluding carboxylic acids is 3. The molecule has 1 heterocycles. The Morgan fingerprint density at radius 1 is 0.943 bits per heavy atom. The van der Waals surface area contributed by atoms with Gasteiger partial charge in [-0.1, -0.05) is 60.7 Å². The number of alkyl halides is 3. The smallest absolute Gasteiger partial charge is 0.415 e. The number of hydrogen-bond donors (Lipinski definition) is 2. The Bertz CT molecular complexity index is 993. The number of halogens is 3. The van der Waals surface area contributed by atoms with Gasteiger partial charge in [-0.25, -0.2) is 4.79 Å². The third-order valence-electron chi connectivity index (χ3n) is 5.72. The molecule has 3 rings (SSSR count). The highest BCUT2D eigenvalue weighted by atomic mass is 19.4. The lowest BCUT2D eigenvalue weighted by Gasteiger charge is -2.32. The minimum Gasteiger partial charge on any atom is -0.461 e. The fourth-order valence-corrected chi connectivity index (χ4v) is 3.74. The Hall–Kier alpha value is -3.40. The van der Waals surface area contributed by atoms with Crippen molar-refractivity contribution in [1.29, 1.82) is 0 Å². The number of amides is 1. The first-order valence-corrected chi connectivity index (χ1v) is 11.2. The number of benzene rings is 2. The van der Waals surface area contributed by atoms with E-state index in [4.69, 9.17) is 9.47 Å². The van der Waals surface area contributed by atoms with Crippen LogP contribution in [0.2, 0.25) is 0 Å². The second-order valence-electron chi connectivity index (χ2n) is 8.24. The van der Waals surface area contributed by atoms with Crippen LogP contribution in [0.5, 0.6) is 0 Å². The number of esters is 2. The molecular formula is C25H27F3N2O5. The van der Waals surface area contributed by atoms with Crippen LogP contribution in [0.15, 0.2) is 60.7 Å². The van der Waals surface area contributed by atoms with Crippen molar-refractivity contribution in [1.82, 2.24) is 10.6 Å². The molecule has 35 heavy (non-hydrogen) atoms. The SMILES string of the molecule is O=C(CC[C@@H](NC(=O)[C@]1(C(F)(F)F)CCCN1)C(=O)OCc1ccccc1)OCc1ccccc1. The monoisotopic (exact) mass is 492 g/mol. The van der Waals surface area contributed by atoms with Crippen molar-refractivity contribution in [2.24, 2.45) is 0 Å². The molecule has 188 valence electrons. The van der Waals surface area contributed by atoms with E-state index in [-0.39, 0.29) is 39.0 Å². The lowest BCUT2D eigenvalue weighted by atomic mass is 9.94. The number of carbonyl (C=O) groups is 3. The highest BCUT2D eigenvalue weighted by molar-refractivity contribution is 5.91. The van der Waals surface area contributed by atoms with Crippen LogP contribution < -0.4 is 10.6 Å². The van der Waals surface area contributed by atoms with Gasteiger partial charge in [0.05, 0.1) is 0 Å². The zero-order chi connectivity index (χ0) is 25.3. The van der Waals surface area contributed by atoms with Crippen LogP contribution in [0.3, 0.4) is 0 Å². The molecule has 0 radical (unpaired) electrons. The number of rotatable bonds is 10. The lowest BCUT2D eigenvalue weighted by Crippen LogP contribution is -2.64. The van der Waals surface area contributed by atoms with Gasteiger partial charge in [-0.15, -0.1) is 0 Å². The second-order valence-corrected chi connectivity index (χ2v) is 8.24. The molecule has 0 saturated carbocycles. The first kappa shape index (κ1) is 26.2. The number of ether oxygens (including phenoxy) is 2. The Morgan fingerprint density at radius 2 is 1.51 bits per heavy atom. The summed E-state index contributed by atoms with van der Waals surface area (Å²) in [6.45, 7) is -0.106. The summed E-state index contributed by atoms with van der Waals surface area (Å²) in [4.78, 5) is 37.7. The largest absolute Gasteiger partial charge is 0.461 e. The van der Waals surface area contributed by atoms with Gasteiger partial charge in [0.25, 0.3) is 0 Å². The van der Waals surface area contributed by atoms with Gasteiger partial charge in [-0.3, -0.25) is 14.9 Å². The molecule has 10 heteroatoms. The van der Waals surface area contributed by atoms with Gasteiger partial charge in [-0.2, -0.15) is 13.2 Å². The van der Waals surface area contributed by atoms with E-state index in [9.17, 15) is 27.6 Å². The molecule has 1 fully saturated rings. The standard InChI is InChI=1S/C25H27F3N2O5/c26-25(27,28)24(14-7-15-29-24)23(33)30-20(22(32)35-17-19-10-5-2-6-11-19)12-13-21(31)34-16-18-8-3-1-4-9-18/h1-6,8-11,20,29H,7,12-17H2,(H,30,33)/t20-,24+/m1/s1. The average molecular weight is 492 g/mol. The van der Waals surface area contributed by atoms with E-state index < -0.39 is 42.0 Å². The van der Waals surface area contributed by atoms with Crippen molar-refractivity contribution >= 4 is 17.8 Å². The van der Waals surface area contributed by atoms with Crippen LogP contribution in [-0.2, 0) is 37.1 Å². The van der Waals surface area contributed by atoms with Gasteiger partial charge in [0.1, 0.15) is 19.3 Å². The minimum atomic E-state index is -4.86. The molecule has 0 bridgehead atoms. The highest BCUT2D eigenvalue weighted by Gasteiger charge is 2.61. The van der Waals surface area contributed by atoms with Crippen LogP contribution in [0.4, 0.5) is 13.2 Å². The second kappa shape index (κ2) is 11.8. The predicted molar refractivity (Wildman–Crippen MR) is 120 cm³/mol. The molecule has 0 unspecified atom stereocenters. The molecule has 0 aliphatic carbocycles. The van der Waals surface area contributed by atoms with Crippen LogP contribution in [0.25, 0.3) is 0 Å². The first-order chi connectivity index (χ1) is 16.7. The zero-order valence-electron chi connectivity index (χ0n) is 19.0. The van der Waals surface area contributed by atoms with E-state index in [2.05, 4.69) is 10.6 Å². The maximum absolute atomic E-state index is 13.7. The van der Waals surface area contributed by atoms with E-state index >= 15 is 0 Å². The van der Waals surface area contributed by atoms with Crippen molar-refractivity contribution in [2.45, 2.75) is 56.7 Å². The van der Waals surface area contributed by atoms with Gasteiger partial charge in [-0.05, 0) is 36.9 Å². The van der Waals surface area contributed by atoms with Crippen molar-refractivity contribution < 1.29 is 37.0 Å². The molecule has 2 aromatic rings. The molecule has 2 atom stereocenters. The molecule has 1 aliphatic heterocycles. The van der Waals surface area contributed by atoms with E-state index in [1.165, 1.54) is 0 Å². The molecule has 1 amide bonds. The molecule has 1 saturated heterocycles. The van der Waals surface area contributed by atoms with Crippen LogP contribution in [-0.4, -0.2) is 42.1 Å². The van der Waals surface area contributed by atoms with Crippen LogP contribution in [0, 0.1) is 0 Å². The van der Waals surface area contributed by atoms with Gasteiger partial charge >= 0.3 is 18.1 Å². The van der Waals surface area contributed by atoms with Gasteiger partial charge in [0.15, 0.2) is 5.54 Å². The van der Waals surface area contributed by atoms with Gasteiger partial charge < -0.3 is 14.8 Å². The molecule has 0 aromatic heterocycles. The summed E-state index contributed by atoms with van der Waals surface area (Å²) >= 11 is 0. The average Bonchev–Trinajstić information content (AvgIpc) is 3.37. The van der Waals surface area contributed by atoms with E-state index in [1.807, 2.05) is 6.07 Å². The predicted octanol–water partition coefficient (Wildman–Crippen LogP) is 3.42. The Labute approximate surface area is 201 Å². The van der Waals surface area contributed by atoms with Crippen molar-refractivity contribution in [3.63, 3.8) is 0 Å².